The standard InChI is InChI=1S/C29H22Cl2F9NO4/c1-4-41(25(43)16-9-8-14(2)10-19(16)30)21-7-5-6-17(24(21)44-3)22(42)13-18-20(31)11-15(12-23(18)45-26(32)33)27(34,28(35,36)37)29(38,39)40/h5-12,26H,4,13H2,1-3H3. The molecule has 0 atom stereocenters. The van der Waals surface area contributed by atoms with Crippen molar-refractivity contribution in [3.05, 3.63) is 86.4 Å². The van der Waals surface area contributed by atoms with Crippen LogP contribution in [0.1, 0.15) is 44.3 Å². The lowest BCUT2D eigenvalue weighted by Gasteiger charge is -2.31. The van der Waals surface area contributed by atoms with Crippen molar-refractivity contribution in [1.29, 1.82) is 0 Å². The third-order valence-electron chi connectivity index (χ3n) is 6.59. The van der Waals surface area contributed by atoms with Gasteiger partial charge in [-0.25, -0.2) is 4.39 Å². The van der Waals surface area contributed by atoms with E-state index < -0.39 is 64.6 Å². The molecule has 0 unspecified atom stereocenters. The zero-order valence-electron chi connectivity index (χ0n) is 23.3. The van der Waals surface area contributed by atoms with E-state index in [9.17, 15) is 49.1 Å². The summed E-state index contributed by atoms with van der Waals surface area (Å²) in [6.45, 7) is -0.407. The van der Waals surface area contributed by atoms with Gasteiger partial charge in [-0.15, -0.1) is 0 Å². The number of carbonyl (C=O) groups excluding carboxylic acids is 2. The van der Waals surface area contributed by atoms with Gasteiger partial charge in [0.25, 0.3) is 5.91 Å². The highest BCUT2D eigenvalue weighted by molar-refractivity contribution is 6.34. The van der Waals surface area contributed by atoms with Gasteiger partial charge in [0.2, 0.25) is 0 Å². The number of para-hydroxylation sites is 1. The summed E-state index contributed by atoms with van der Waals surface area (Å²) >= 11 is 12.1. The smallest absolute Gasteiger partial charge is 0.435 e. The predicted octanol–water partition coefficient (Wildman–Crippen LogP) is 9.29. The first kappa shape index (κ1) is 35.8. The van der Waals surface area contributed by atoms with Crippen LogP contribution in [0.2, 0.25) is 10.0 Å². The van der Waals surface area contributed by atoms with Crippen molar-refractivity contribution in [2.24, 2.45) is 0 Å². The molecule has 1 amide bonds. The molecule has 0 heterocycles. The Hall–Kier alpha value is -3.65. The Morgan fingerprint density at radius 1 is 0.889 bits per heavy atom. The molecule has 3 rings (SSSR count). The van der Waals surface area contributed by atoms with Crippen LogP contribution >= 0.6 is 23.2 Å². The minimum atomic E-state index is -6.58. The van der Waals surface area contributed by atoms with E-state index in [0.29, 0.717) is 0 Å². The summed E-state index contributed by atoms with van der Waals surface area (Å²) < 4.78 is 131. The molecule has 16 heteroatoms. The number of rotatable bonds is 10. The van der Waals surface area contributed by atoms with Crippen molar-refractivity contribution < 1.29 is 58.6 Å². The molecule has 0 saturated carbocycles. The average Bonchev–Trinajstić information content (AvgIpc) is 2.92. The highest BCUT2D eigenvalue weighted by Gasteiger charge is 2.73. The molecule has 0 aromatic heterocycles. The topological polar surface area (TPSA) is 55.8 Å². The molecule has 0 aliphatic carbocycles. The lowest BCUT2D eigenvalue weighted by atomic mass is 9.91. The number of hydrogen-bond donors (Lipinski definition) is 0. The number of ether oxygens (including phenoxy) is 2. The van der Waals surface area contributed by atoms with Crippen LogP contribution in [-0.2, 0) is 12.1 Å². The number of hydrogen-bond acceptors (Lipinski definition) is 4. The van der Waals surface area contributed by atoms with Crippen LogP contribution in [0.4, 0.5) is 45.2 Å². The molecule has 0 aliphatic heterocycles. The van der Waals surface area contributed by atoms with Crippen molar-refractivity contribution in [3.8, 4) is 11.5 Å². The summed E-state index contributed by atoms with van der Waals surface area (Å²) in [6, 6.07) is 8.35. The molecule has 0 N–H and O–H groups in total. The van der Waals surface area contributed by atoms with E-state index in [1.165, 1.54) is 29.2 Å². The summed E-state index contributed by atoms with van der Waals surface area (Å²) in [4.78, 5) is 28.1. The van der Waals surface area contributed by atoms with Gasteiger partial charge in [-0.1, -0.05) is 35.3 Å². The van der Waals surface area contributed by atoms with Crippen LogP contribution in [0.3, 0.4) is 0 Å². The molecule has 0 saturated heterocycles. The SMILES string of the molecule is CCN(C(=O)c1ccc(C)cc1Cl)c1cccc(C(=O)Cc2c(Cl)cc(C(F)(C(F)(F)F)C(F)(F)F)cc2OC(F)F)c1OC. The van der Waals surface area contributed by atoms with Crippen LogP contribution in [0.25, 0.3) is 0 Å². The molecular weight excluding hydrogens is 668 g/mol. The van der Waals surface area contributed by atoms with Crippen molar-refractivity contribution in [2.45, 2.75) is 44.9 Å². The first-order valence-electron chi connectivity index (χ1n) is 12.7. The molecule has 5 nitrogen and oxygen atoms in total. The first-order chi connectivity index (χ1) is 20.8. The number of anilines is 1. The molecule has 0 bridgehead atoms. The average molecular weight is 690 g/mol. The molecular formula is C29H22Cl2F9NO4. The second kappa shape index (κ2) is 13.4. The monoisotopic (exact) mass is 689 g/mol. The molecule has 0 fully saturated rings. The van der Waals surface area contributed by atoms with E-state index in [-0.39, 0.29) is 46.3 Å². The number of nitrogens with zero attached hydrogens (tertiary/aromatic N) is 1. The van der Waals surface area contributed by atoms with Gasteiger partial charge in [-0.2, -0.15) is 35.1 Å². The number of benzene rings is 3. The van der Waals surface area contributed by atoms with E-state index in [2.05, 4.69) is 4.74 Å². The molecule has 0 radical (unpaired) electrons. The zero-order valence-corrected chi connectivity index (χ0v) is 24.9. The summed E-state index contributed by atoms with van der Waals surface area (Å²) in [5.41, 5.74) is -8.28. The van der Waals surface area contributed by atoms with E-state index in [1.54, 1.807) is 26.0 Å². The zero-order chi connectivity index (χ0) is 34.1. The maximum atomic E-state index is 14.7. The number of carbonyl (C=O) groups is 2. The van der Waals surface area contributed by atoms with Gasteiger partial charge in [0, 0.05) is 29.1 Å². The number of aryl methyl sites for hydroxylation is 1. The Morgan fingerprint density at radius 3 is 2.02 bits per heavy atom. The van der Waals surface area contributed by atoms with Gasteiger partial charge in [0.05, 0.1) is 28.9 Å². The van der Waals surface area contributed by atoms with E-state index >= 15 is 0 Å². The number of alkyl halides is 9. The fourth-order valence-corrected chi connectivity index (χ4v) is 5.05. The first-order valence-corrected chi connectivity index (χ1v) is 13.4. The Kier molecular flexibility index (Phi) is 10.6. The lowest BCUT2D eigenvalue weighted by molar-refractivity contribution is -0.348. The van der Waals surface area contributed by atoms with Gasteiger partial charge in [-0.05, 0) is 55.8 Å². The fraction of sp³-hybridized carbons (Fsp3) is 0.310. The maximum Gasteiger partial charge on any atom is 0.435 e. The predicted molar refractivity (Wildman–Crippen MR) is 148 cm³/mol. The lowest BCUT2D eigenvalue weighted by Crippen LogP contribution is -2.50. The van der Waals surface area contributed by atoms with Crippen LogP contribution in [0.15, 0.2) is 48.5 Å². The number of ketones is 1. The Bertz CT molecular complexity index is 1580. The van der Waals surface area contributed by atoms with Crippen LogP contribution in [0.5, 0.6) is 11.5 Å². The Morgan fingerprint density at radius 2 is 1.51 bits per heavy atom. The van der Waals surface area contributed by atoms with E-state index in [1.807, 2.05) is 0 Å². The number of methoxy groups -OCH3 is 1. The number of Topliss-reactive ketones (excluding diaryl/α,β-unsaturated/α-hetero) is 1. The quantitative estimate of drug-likeness (QED) is 0.157. The fourth-order valence-electron chi connectivity index (χ4n) is 4.46. The highest BCUT2D eigenvalue weighted by atomic mass is 35.5. The molecule has 0 aliphatic rings. The molecule has 45 heavy (non-hydrogen) atoms. The third-order valence-corrected chi connectivity index (χ3v) is 7.24. The summed E-state index contributed by atoms with van der Waals surface area (Å²) in [5, 5.41) is -0.954. The van der Waals surface area contributed by atoms with Gasteiger partial charge in [0.15, 0.2) is 11.5 Å². The summed E-state index contributed by atoms with van der Waals surface area (Å²) in [7, 11) is 1.15. The molecule has 3 aromatic rings. The number of amides is 1. The molecule has 0 spiro atoms. The molecule has 3 aromatic carbocycles. The van der Waals surface area contributed by atoms with E-state index in [0.717, 1.165) is 12.7 Å². The van der Waals surface area contributed by atoms with Crippen molar-refractivity contribution in [2.75, 3.05) is 18.6 Å². The highest BCUT2D eigenvalue weighted by Crippen LogP contribution is 2.54. The maximum absolute atomic E-state index is 14.7. The normalized spacial score (nSPS) is 12.3. The minimum Gasteiger partial charge on any atom is -0.494 e. The summed E-state index contributed by atoms with van der Waals surface area (Å²) in [6.07, 6.45) is -14.2. The van der Waals surface area contributed by atoms with Crippen LogP contribution in [-0.4, -0.2) is 44.3 Å². The van der Waals surface area contributed by atoms with Crippen molar-refractivity contribution in [3.63, 3.8) is 0 Å². The van der Waals surface area contributed by atoms with Gasteiger partial charge in [-0.3, -0.25) is 9.59 Å². The van der Waals surface area contributed by atoms with Gasteiger partial charge in [0.1, 0.15) is 5.75 Å². The third kappa shape index (κ3) is 7.11. The Labute approximate surface area is 260 Å². The second-order valence-corrected chi connectivity index (χ2v) is 10.3. The molecule has 244 valence electrons. The van der Waals surface area contributed by atoms with Crippen molar-refractivity contribution in [1.82, 2.24) is 0 Å². The van der Waals surface area contributed by atoms with Gasteiger partial charge < -0.3 is 14.4 Å². The second-order valence-electron chi connectivity index (χ2n) is 9.46. The Balaban J connectivity index is 2.12. The summed E-state index contributed by atoms with van der Waals surface area (Å²) in [5.74, 6) is -3.16. The number of halogens is 11. The van der Waals surface area contributed by atoms with E-state index in [4.69, 9.17) is 27.9 Å². The van der Waals surface area contributed by atoms with Crippen LogP contribution < -0.4 is 14.4 Å². The largest absolute Gasteiger partial charge is 0.494 e. The van der Waals surface area contributed by atoms with Crippen LogP contribution in [0, 0.1) is 6.92 Å². The minimum absolute atomic E-state index is 0.0418. The van der Waals surface area contributed by atoms with Gasteiger partial charge >= 0.3 is 24.6 Å². The van der Waals surface area contributed by atoms with Crippen molar-refractivity contribution >= 4 is 40.6 Å².